The molecule has 19 heavy (non-hydrogen) atoms. The number of aryl methyl sites for hydroxylation is 1. The summed E-state index contributed by atoms with van der Waals surface area (Å²) in [4.78, 5) is 2.41. The van der Waals surface area contributed by atoms with E-state index in [-0.39, 0.29) is 0 Å². The van der Waals surface area contributed by atoms with Crippen molar-refractivity contribution in [3.8, 4) is 0 Å². The predicted octanol–water partition coefficient (Wildman–Crippen LogP) is 2.97. The van der Waals surface area contributed by atoms with Gasteiger partial charge in [-0.15, -0.1) is 0 Å². The van der Waals surface area contributed by atoms with Crippen molar-refractivity contribution in [3.05, 3.63) is 29.3 Å². The molecule has 0 radical (unpaired) electrons. The van der Waals surface area contributed by atoms with Crippen molar-refractivity contribution in [1.29, 1.82) is 0 Å². The van der Waals surface area contributed by atoms with E-state index in [2.05, 4.69) is 56.1 Å². The smallest absolute Gasteiger partial charge is 0.0587 e. The molecule has 1 aromatic carbocycles. The van der Waals surface area contributed by atoms with Gasteiger partial charge in [0, 0.05) is 38.5 Å². The summed E-state index contributed by atoms with van der Waals surface area (Å²) < 4.78 is 5.03. The summed E-state index contributed by atoms with van der Waals surface area (Å²) in [5, 5.41) is 3.39. The Labute approximate surface area is 118 Å². The summed E-state index contributed by atoms with van der Waals surface area (Å²) in [7, 11) is 1.73. The molecule has 0 saturated heterocycles. The van der Waals surface area contributed by atoms with E-state index in [0.717, 1.165) is 26.2 Å². The number of hydrogen-bond acceptors (Lipinski definition) is 3. The first-order valence-corrected chi connectivity index (χ1v) is 7.16. The van der Waals surface area contributed by atoms with Crippen molar-refractivity contribution < 1.29 is 4.74 Å². The quantitative estimate of drug-likeness (QED) is 0.731. The minimum atomic E-state index is 0.537. The van der Waals surface area contributed by atoms with Crippen molar-refractivity contribution in [2.24, 2.45) is 0 Å². The molecule has 3 heteroatoms. The lowest BCUT2D eigenvalue weighted by molar-refractivity contribution is 0.199. The molecule has 3 nitrogen and oxygen atoms in total. The molecule has 0 aliphatic rings. The Morgan fingerprint density at radius 2 is 2.05 bits per heavy atom. The van der Waals surface area contributed by atoms with Crippen LogP contribution in [0.2, 0.25) is 0 Å². The molecule has 0 atom stereocenters. The summed E-state index contributed by atoms with van der Waals surface area (Å²) >= 11 is 0. The number of ether oxygens (including phenoxy) is 1. The van der Waals surface area contributed by atoms with Gasteiger partial charge in [-0.2, -0.15) is 0 Å². The van der Waals surface area contributed by atoms with Crippen LogP contribution in [0.3, 0.4) is 0 Å². The van der Waals surface area contributed by atoms with Gasteiger partial charge in [0.15, 0.2) is 0 Å². The average Bonchev–Trinajstić information content (AvgIpc) is 2.37. The maximum atomic E-state index is 5.03. The van der Waals surface area contributed by atoms with E-state index in [1.807, 2.05) is 0 Å². The molecular formula is C16H28N2O. The summed E-state index contributed by atoms with van der Waals surface area (Å²) in [6.07, 6.45) is 0. The fraction of sp³-hybridized carbons (Fsp3) is 0.625. The van der Waals surface area contributed by atoms with Gasteiger partial charge in [-0.25, -0.2) is 0 Å². The average molecular weight is 264 g/mol. The maximum Gasteiger partial charge on any atom is 0.0587 e. The zero-order valence-electron chi connectivity index (χ0n) is 13.0. The van der Waals surface area contributed by atoms with Gasteiger partial charge in [0.25, 0.3) is 0 Å². The van der Waals surface area contributed by atoms with Crippen LogP contribution in [0.25, 0.3) is 0 Å². The second-order valence-electron chi connectivity index (χ2n) is 5.16. The first-order valence-electron chi connectivity index (χ1n) is 7.16. The fourth-order valence-electron chi connectivity index (χ4n) is 2.30. The van der Waals surface area contributed by atoms with Crippen molar-refractivity contribution >= 4 is 5.69 Å². The molecule has 0 heterocycles. The van der Waals surface area contributed by atoms with E-state index in [1.54, 1.807) is 7.11 Å². The molecule has 0 unspecified atom stereocenters. The van der Waals surface area contributed by atoms with Crippen LogP contribution in [0.15, 0.2) is 18.2 Å². The van der Waals surface area contributed by atoms with E-state index < -0.39 is 0 Å². The highest BCUT2D eigenvalue weighted by atomic mass is 16.5. The lowest BCUT2D eigenvalue weighted by atomic mass is 10.1. The standard InChI is InChI=1S/C16H28N2O/c1-6-18(13(2)3)16-8-7-15(14(4)11-16)12-17-9-10-19-5/h7-8,11,13,17H,6,9-10,12H2,1-5H3. The third-order valence-corrected chi connectivity index (χ3v) is 3.42. The Hall–Kier alpha value is -1.06. The van der Waals surface area contributed by atoms with Gasteiger partial charge in [0.2, 0.25) is 0 Å². The molecule has 0 aliphatic carbocycles. The van der Waals surface area contributed by atoms with Crippen molar-refractivity contribution in [2.75, 3.05) is 31.7 Å². The minimum Gasteiger partial charge on any atom is -0.383 e. The van der Waals surface area contributed by atoms with Gasteiger partial charge in [0.05, 0.1) is 6.61 Å². The van der Waals surface area contributed by atoms with Crippen molar-refractivity contribution in [2.45, 2.75) is 40.3 Å². The van der Waals surface area contributed by atoms with E-state index in [0.29, 0.717) is 6.04 Å². The molecule has 0 amide bonds. The lowest BCUT2D eigenvalue weighted by Gasteiger charge is -2.28. The van der Waals surface area contributed by atoms with Crippen LogP contribution in [0.4, 0.5) is 5.69 Å². The van der Waals surface area contributed by atoms with Crippen LogP contribution >= 0.6 is 0 Å². The normalized spacial score (nSPS) is 11.1. The van der Waals surface area contributed by atoms with E-state index in [1.165, 1.54) is 16.8 Å². The predicted molar refractivity (Wildman–Crippen MR) is 82.9 cm³/mol. The maximum absolute atomic E-state index is 5.03. The zero-order chi connectivity index (χ0) is 14.3. The van der Waals surface area contributed by atoms with Crippen LogP contribution in [0.5, 0.6) is 0 Å². The van der Waals surface area contributed by atoms with Gasteiger partial charge in [-0.05, 0) is 51.0 Å². The summed E-state index contributed by atoms with van der Waals surface area (Å²) in [6.45, 7) is 12.5. The molecule has 108 valence electrons. The van der Waals surface area contributed by atoms with Crippen LogP contribution in [-0.2, 0) is 11.3 Å². The van der Waals surface area contributed by atoms with Crippen molar-refractivity contribution in [1.82, 2.24) is 5.32 Å². The van der Waals surface area contributed by atoms with Gasteiger partial charge < -0.3 is 15.0 Å². The lowest BCUT2D eigenvalue weighted by Crippen LogP contribution is -2.30. The highest BCUT2D eigenvalue weighted by Gasteiger charge is 2.09. The van der Waals surface area contributed by atoms with Gasteiger partial charge in [0.1, 0.15) is 0 Å². The van der Waals surface area contributed by atoms with Crippen LogP contribution in [0, 0.1) is 6.92 Å². The molecule has 1 N–H and O–H groups in total. The Morgan fingerprint density at radius 3 is 2.58 bits per heavy atom. The number of methoxy groups -OCH3 is 1. The Morgan fingerprint density at radius 1 is 1.32 bits per heavy atom. The number of benzene rings is 1. The largest absolute Gasteiger partial charge is 0.383 e. The zero-order valence-corrected chi connectivity index (χ0v) is 13.0. The number of nitrogens with one attached hydrogen (secondary N) is 1. The third-order valence-electron chi connectivity index (χ3n) is 3.42. The second-order valence-corrected chi connectivity index (χ2v) is 5.16. The van der Waals surface area contributed by atoms with Crippen LogP contribution in [0.1, 0.15) is 31.9 Å². The number of hydrogen-bond donors (Lipinski definition) is 1. The minimum absolute atomic E-state index is 0.537. The topological polar surface area (TPSA) is 24.5 Å². The highest BCUT2D eigenvalue weighted by Crippen LogP contribution is 2.21. The van der Waals surface area contributed by atoms with Crippen LogP contribution in [-0.4, -0.2) is 32.8 Å². The van der Waals surface area contributed by atoms with E-state index in [4.69, 9.17) is 4.74 Å². The van der Waals surface area contributed by atoms with E-state index in [9.17, 15) is 0 Å². The number of nitrogens with zero attached hydrogens (tertiary/aromatic N) is 1. The first-order chi connectivity index (χ1) is 9.10. The van der Waals surface area contributed by atoms with Gasteiger partial charge in [-0.1, -0.05) is 6.07 Å². The summed E-state index contributed by atoms with van der Waals surface area (Å²) in [5.74, 6) is 0. The molecule has 0 aromatic heterocycles. The monoisotopic (exact) mass is 264 g/mol. The molecule has 1 rings (SSSR count). The molecular weight excluding hydrogens is 236 g/mol. The first kappa shape index (κ1) is 16.0. The van der Waals surface area contributed by atoms with Gasteiger partial charge in [-0.3, -0.25) is 0 Å². The molecule has 0 fully saturated rings. The fourth-order valence-corrected chi connectivity index (χ4v) is 2.30. The van der Waals surface area contributed by atoms with Crippen molar-refractivity contribution in [3.63, 3.8) is 0 Å². The second kappa shape index (κ2) is 8.18. The highest BCUT2D eigenvalue weighted by molar-refractivity contribution is 5.51. The Kier molecular flexibility index (Phi) is 6.89. The summed E-state index contributed by atoms with van der Waals surface area (Å²) in [6, 6.07) is 7.28. The number of rotatable bonds is 8. The molecule has 0 saturated carbocycles. The summed E-state index contributed by atoms with van der Waals surface area (Å²) in [5.41, 5.74) is 4.02. The Bertz CT molecular complexity index is 377. The SMILES string of the molecule is CCN(c1ccc(CNCCOC)c(C)c1)C(C)C. The van der Waals surface area contributed by atoms with E-state index >= 15 is 0 Å². The van der Waals surface area contributed by atoms with Gasteiger partial charge >= 0.3 is 0 Å². The number of anilines is 1. The Balaban J connectivity index is 2.68. The molecule has 1 aromatic rings. The molecule has 0 bridgehead atoms. The third kappa shape index (κ3) is 4.84. The molecule has 0 aliphatic heterocycles. The van der Waals surface area contributed by atoms with Crippen LogP contribution < -0.4 is 10.2 Å². The molecule has 0 spiro atoms.